The molecule has 18 heavy (non-hydrogen) atoms. The third kappa shape index (κ3) is 4.87. The zero-order chi connectivity index (χ0) is 13.6. The van der Waals surface area contributed by atoms with Crippen LogP contribution >= 0.6 is 0 Å². The average Bonchev–Trinajstić information content (AvgIpc) is 2.34. The first-order valence-corrected chi connectivity index (χ1v) is 7.21. The third-order valence-corrected chi connectivity index (χ3v) is 4.12. The maximum atomic E-state index is 5.77. The predicted octanol–water partition coefficient (Wildman–Crippen LogP) is 2.84. The van der Waals surface area contributed by atoms with Gasteiger partial charge in [-0.05, 0) is 46.0 Å². The Morgan fingerprint density at radius 1 is 1.39 bits per heavy atom. The fourth-order valence-electron chi connectivity index (χ4n) is 2.62. The van der Waals surface area contributed by atoms with E-state index in [1.54, 1.807) is 7.11 Å². The Morgan fingerprint density at radius 2 is 2.11 bits per heavy atom. The second-order valence-corrected chi connectivity index (χ2v) is 6.80. The highest BCUT2D eigenvalue weighted by atomic mass is 16.5. The largest absolute Gasteiger partial charge is 0.385 e. The Bertz CT molecular complexity index is 229. The Hall–Kier alpha value is -0.120. The van der Waals surface area contributed by atoms with Gasteiger partial charge in [0.2, 0.25) is 0 Å². The molecule has 0 radical (unpaired) electrons. The van der Waals surface area contributed by atoms with Gasteiger partial charge in [0.15, 0.2) is 0 Å². The minimum atomic E-state index is 0.172. The first-order valence-electron chi connectivity index (χ1n) is 7.21. The first kappa shape index (κ1) is 15.9. The van der Waals surface area contributed by atoms with E-state index in [9.17, 15) is 0 Å². The molecule has 0 amide bonds. The molecular formula is C15H31NO2. The van der Waals surface area contributed by atoms with Gasteiger partial charge in [-0.15, -0.1) is 0 Å². The zero-order valence-corrected chi connectivity index (χ0v) is 12.8. The van der Waals surface area contributed by atoms with Crippen LogP contribution in [0.5, 0.6) is 0 Å². The molecule has 0 bridgehead atoms. The molecule has 0 aliphatic carbocycles. The van der Waals surface area contributed by atoms with Gasteiger partial charge in [0.25, 0.3) is 0 Å². The van der Waals surface area contributed by atoms with Crippen molar-refractivity contribution in [3.63, 3.8) is 0 Å². The van der Waals surface area contributed by atoms with Crippen LogP contribution in [0.2, 0.25) is 0 Å². The molecule has 1 heterocycles. The monoisotopic (exact) mass is 257 g/mol. The van der Waals surface area contributed by atoms with Crippen LogP contribution in [0.3, 0.4) is 0 Å². The van der Waals surface area contributed by atoms with Crippen LogP contribution in [-0.2, 0) is 9.47 Å². The molecule has 2 atom stereocenters. The van der Waals surface area contributed by atoms with Crippen LogP contribution in [0.25, 0.3) is 0 Å². The van der Waals surface area contributed by atoms with E-state index < -0.39 is 0 Å². The molecule has 2 unspecified atom stereocenters. The van der Waals surface area contributed by atoms with E-state index in [4.69, 9.17) is 9.47 Å². The van der Waals surface area contributed by atoms with Crippen molar-refractivity contribution in [3.05, 3.63) is 0 Å². The minimum Gasteiger partial charge on any atom is -0.385 e. The molecule has 0 aromatic rings. The lowest BCUT2D eigenvalue weighted by Gasteiger charge is -2.43. The molecular weight excluding hydrogens is 226 g/mol. The lowest BCUT2D eigenvalue weighted by molar-refractivity contribution is -0.0462. The van der Waals surface area contributed by atoms with E-state index in [0.29, 0.717) is 5.92 Å². The fourth-order valence-corrected chi connectivity index (χ4v) is 2.62. The van der Waals surface area contributed by atoms with Gasteiger partial charge in [0, 0.05) is 37.8 Å². The summed E-state index contributed by atoms with van der Waals surface area (Å²) < 4.78 is 11.0. The van der Waals surface area contributed by atoms with Crippen LogP contribution in [-0.4, -0.2) is 39.0 Å². The van der Waals surface area contributed by atoms with Crippen molar-refractivity contribution in [2.75, 3.05) is 33.5 Å². The van der Waals surface area contributed by atoms with Gasteiger partial charge in [-0.2, -0.15) is 0 Å². The summed E-state index contributed by atoms with van der Waals surface area (Å²) in [5, 5.41) is 3.67. The second-order valence-electron chi connectivity index (χ2n) is 6.80. The minimum absolute atomic E-state index is 0.172. The zero-order valence-electron chi connectivity index (χ0n) is 12.8. The van der Waals surface area contributed by atoms with Crippen molar-refractivity contribution in [1.82, 2.24) is 5.32 Å². The third-order valence-electron chi connectivity index (χ3n) is 4.12. The Morgan fingerprint density at radius 3 is 2.61 bits per heavy atom. The van der Waals surface area contributed by atoms with E-state index in [0.717, 1.165) is 32.8 Å². The molecule has 3 heteroatoms. The van der Waals surface area contributed by atoms with Crippen molar-refractivity contribution in [2.45, 2.75) is 52.5 Å². The number of hydrogen-bond acceptors (Lipinski definition) is 3. The predicted molar refractivity (Wildman–Crippen MR) is 75.9 cm³/mol. The van der Waals surface area contributed by atoms with E-state index >= 15 is 0 Å². The van der Waals surface area contributed by atoms with E-state index in [1.165, 1.54) is 12.8 Å². The van der Waals surface area contributed by atoms with E-state index in [-0.39, 0.29) is 11.0 Å². The molecule has 1 N–H and O–H groups in total. The summed E-state index contributed by atoms with van der Waals surface area (Å²) in [4.78, 5) is 0. The Kier molecular flexibility index (Phi) is 6.09. The molecule has 0 aromatic heterocycles. The van der Waals surface area contributed by atoms with Crippen molar-refractivity contribution in [3.8, 4) is 0 Å². The highest BCUT2D eigenvalue weighted by Gasteiger charge is 2.38. The molecule has 1 aliphatic heterocycles. The molecule has 0 spiro atoms. The van der Waals surface area contributed by atoms with Gasteiger partial charge in [-0.1, -0.05) is 6.92 Å². The molecule has 0 aromatic carbocycles. The standard InChI is InChI=1S/C15H31NO2/c1-13(7-10-17-5)15(8-6-9-18-12-15)11-16-14(2,3)4/h13,16H,6-12H2,1-5H3. The maximum Gasteiger partial charge on any atom is 0.0537 e. The number of hydrogen-bond donors (Lipinski definition) is 1. The van der Waals surface area contributed by atoms with Gasteiger partial charge in [0.05, 0.1) is 6.61 Å². The highest BCUT2D eigenvalue weighted by molar-refractivity contribution is 4.90. The summed E-state index contributed by atoms with van der Waals surface area (Å²) in [5.41, 5.74) is 0.454. The smallest absolute Gasteiger partial charge is 0.0537 e. The van der Waals surface area contributed by atoms with Crippen molar-refractivity contribution >= 4 is 0 Å². The first-order chi connectivity index (χ1) is 8.40. The van der Waals surface area contributed by atoms with Gasteiger partial charge in [-0.3, -0.25) is 0 Å². The Balaban J connectivity index is 2.62. The lowest BCUT2D eigenvalue weighted by Crippen LogP contribution is -2.50. The second kappa shape index (κ2) is 6.88. The van der Waals surface area contributed by atoms with E-state index in [1.807, 2.05) is 0 Å². The van der Waals surface area contributed by atoms with Crippen LogP contribution in [0.15, 0.2) is 0 Å². The summed E-state index contributed by atoms with van der Waals surface area (Å²) in [6, 6.07) is 0. The summed E-state index contributed by atoms with van der Waals surface area (Å²) in [7, 11) is 1.78. The van der Waals surface area contributed by atoms with Crippen molar-refractivity contribution in [1.29, 1.82) is 0 Å². The number of nitrogens with one attached hydrogen (secondary N) is 1. The summed E-state index contributed by atoms with van der Waals surface area (Å²) >= 11 is 0. The molecule has 1 fully saturated rings. The molecule has 108 valence electrons. The normalized spacial score (nSPS) is 27.2. The fraction of sp³-hybridized carbons (Fsp3) is 1.00. The molecule has 3 nitrogen and oxygen atoms in total. The molecule has 1 aliphatic rings. The lowest BCUT2D eigenvalue weighted by atomic mass is 9.70. The van der Waals surface area contributed by atoms with Crippen LogP contribution in [0, 0.1) is 11.3 Å². The summed E-state index contributed by atoms with van der Waals surface area (Å²) in [6.45, 7) is 12.7. The highest BCUT2D eigenvalue weighted by Crippen LogP contribution is 2.38. The Labute approximate surface area is 113 Å². The summed E-state index contributed by atoms with van der Waals surface area (Å²) in [5.74, 6) is 0.632. The quantitative estimate of drug-likeness (QED) is 0.793. The van der Waals surface area contributed by atoms with Crippen LogP contribution in [0.1, 0.15) is 47.0 Å². The molecule has 0 saturated carbocycles. The topological polar surface area (TPSA) is 30.5 Å². The van der Waals surface area contributed by atoms with Crippen molar-refractivity contribution in [2.24, 2.45) is 11.3 Å². The average molecular weight is 257 g/mol. The molecule has 1 rings (SSSR count). The van der Waals surface area contributed by atoms with Crippen LogP contribution in [0.4, 0.5) is 0 Å². The van der Waals surface area contributed by atoms with Gasteiger partial charge in [0.1, 0.15) is 0 Å². The number of methoxy groups -OCH3 is 1. The molecule has 1 saturated heterocycles. The number of ether oxygens (including phenoxy) is 2. The van der Waals surface area contributed by atoms with Gasteiger partial charge in [-0.25, -0.2) is 0 Å². The van der Waals surface area contributed by atoms with Gasteiger partial charge >= 0.3 is 0 Å². The van der Waals surface area contributed by atoms with Crippen LogP contribution < -0.4 is 5.32 Å². The van der Waals surface area contributed by atoms with Crippen molar-refractivity contribution < 1.29 is 9.47 Å². The number of rotatable bonds is 6. The summed E-state index contributed by atoms with van der Waals surface area (Å²) in [6.07, 6.45) is 3.57. The maximum absolute atomic E-state index is 5.77. The van der Waals surface area contributed by atoms with E-state index in [2.05, 4.69) is 33.0 Å². The van der Waals surface area contributed by atoms with Gasteiger partial charge < -0.3 is 14.8 Å². The SMILES string of the molecule is COCCC(C)C1(CNC(C)(C)C)CCCOC1.